The van der Waals surface area contributed by atoms with Crippen LogP contribution in [0.15, 0.2) is 48.5 Å². The summed E-state index contributed by atoms with van der Waals surface area (Å²) in [4.78, 5) is 0. The molecule has 0 spiro atoms. The van der Waals surface area contributed by atoms with E-state index in [0.29, 0.717) is 23.5 Å². The van der Waals surface area contributed by atoms with Crippen LogP contribution in [0.4, 0.5) is 11.4 Å². The van der Waals surface area contributed by atoms with Crippen LogP contribution in [0, 0.1) is 0 Å². The van der Waals surface area contributed by atoms with Crippen LogP contribution < -0.4 is 11.5 Å². The fraction of sp³-hybridized carbons (Fsp3) is 0. The first-order chi connectivity index (χ1) is 8.56. The molecule has 2 aromatic rings. The van der Waals surface area contributed by atoms with Crippen molar-refractivity contribution in [2.24, 2.45) is 0 Å². The monoisotopic (exact) mass is 212 g/mol. The average Bonchev–Trinajstić information content (AvgIpc) is 2.30. The summed E-state index contributed by atoms with van der Waals surface area (Å²) in [5, 5.41) is 0. The number of rotatable bonds is 2. The number of hydrogen-bond donors (Lipinski definition) is 2. The van der Waals surface area contributed by atoms with Crippen LogP contribution in [-0.4, -0.2) is 0 Å². The Morgan fingerprint density at radius 2 is 1.19 bits per heavy atom. The van der Waals surface area contributed by atoms with E-state index in [1.54, 1.807) is 48.6 Å². The minimum absolute atomic E-state index is 0.369. The van der Waals surface area contributed by atoms with Gasteiger partial charge in [0.2, 0.25) is 0 Å². The van der Waals surface area contributed by atoms with Crippen molar-refractivity contribution in [2.45, 2.75) is 0 Å². The molecule has 0 aliphatic heterocycles. The lowest BCUT2D eigenvalue weighted by molar-refractivity contribution is 1.63. The highest BCUT2D eigenvalue weighted by atomic mass is 14.5. The summed E-state index contributed by atoms with van der Waals surface area (Å²) in [6.45, 7) is 0. The van der Waals surface area contributed by atoms with Crippen molar-refractivity contribution < 1.29 is 2.74 Å². The minimum Gasteiger partial charge on any atom is -0.399 e. The van der Waals surface area contributed by atoms with Gasteiger partial charge in [-0.3, -0.25) is 0 Å². The summed E-state index contributed by atoms with van der Waals surface area (Å²) in [6.07, 6.45) is 3.59. The van der Waals surface area contributed by atoms with E-state index in [0.717, 1.165) is 11.1 Å². The molecule has 4 N–H and O–H groups in total. The molecule has 16 heavy (non-hydrogen) atoms. The molecule has 0 saturated heterocycles. The molecular weight excluding hydrogens is 196 g/mol. The first kappa shape index (κ1) is 7.99. The van der Waals surface area contributed by atoms with Crippen molar-refractivity contribution in [3.63, 3.8) is 0 Å². The van der Waals surface area contributed by atoms with Crippen LogP contribution in [0.5, 0.6) is 0 Å². The second-order valence-corrected chi connectivity index (χ2v) is 3.49. The van der Waals surface area contributed by atoms with Crippen molar-refractivity contribution in [1.29, 1.82) is 0 Å². The Balaban J connectivity index is 2.30. The molecule has 2 heteroatoms. The number of nitrogens with two attached hydrogens (primary N) is 2. The summed E-state index contributed by atoms with van der Waals surface area (Å²) in [5.74, 6) is 0. The maximum atomic E-state index is 7.77. The number of nitrogen functional groups attached to an aromatic ring is 2. The summed E-state index contributed by atoms with van der Waals surface area (Å²) in [7, 11) is 0. The maximum Gasteiger partial charge on any atom is 0.0630 e. The van der Waals surface area contributed by atoms with Gasteiger partial charge < -0.3 is 11.5 Å². The molecule has 0 fully saturated rings. The Bertz CT molecular complexity index is 553. The van der Waals surface area contributed by atoms with Gasteiger partial charge in [-0.15, -0.1) is 0 Å². The Labute approximate surface area is 98.0 Å². The molecule has 2 rings (SSSR count). The normalized spacial score (nSPS) is 12.5. The SMILES string of the molecule is [2H]c1cc(N)ccc1C=Cc1ccc(N)cc1[2H]. The topological polar surface area (TPSA) is 52.0 Å². The lowest BCUT2D eigenvalue weighted by Gasteiger charge is -1.96. The molecule has 0 saturated carbocycles. The van der Waals surface area contributed by atoms with Gasteiger partial charge in [-0.2, -0.15) is 0 Å². The fourth-order valence-electron chi connectivity index (χ4n) is 1.28. The lowest BCUT2D eigenvalue weighted by Crippen LogP contribution is -1.83. The van der Waals surface area contributed by atoms with Gasteiger partial charge in [0.1, 0.15) is 0 Å². The first-order valence-electron chi connectivity index (χ1n) is 5.96. The highest BCUT2D eigenvalue weighted by Crippen LogP contribution is 2.11. The van der Waals surface area contributed by atoms with Gasteiger partial charge in [-0.05, 0) is 35.4 Å². The van der Waals surface area contributed by atoms with Gasteiger partial charge in [-0.1, -0.05) is 36.4 Å². The van der Waals surface area contributed by atoms with Crippen molar-refractivity contribution in [1.82, 2.24) is 0 Å². The quantitative estimate of drug-likeness (QED) is 0.594. The second kappa shape index (κ2) is 4.53. The predicted octanol–water partition coefficient (Wildman–Crippen LogP) is 3.02. The van der Waals surface area contributed by atoms with Gasteiger partial charge in [-0.25, -0.2) is 0 Å². The zero-order valence-electron chi connectivity index (χ0n) is 10.8. The molecule has 0 heterocycles. The molecule has 80 valence electrons. The zero-order valence-corrected chi connectivity index (χ0v) is 8.77. The van der Waals surface area contributed by atoms with Gasteiger partial charge in [0.25, 0.3) is 0 Å². The molecule has 0 bridgehead atoms. The smallest absolute Gasteiger partial charge is 0.0630 e. The highest BCUT2D eigenvalue weighted by Gasteiger charge is 1.89. The van der Waals surface area contributed by atoms with E-state index < -0.39 is 0 Å². The van der Waals surface area contributed by atoms with Gasteiger partial charge >= 0.3 is 0 Å². The van der Waals surface area contributed by atoms with Crippen LogP contribution in [0.3, 0.4) is 0 Å². The van der Waals surface area contributed by atoms with Crippen LogP contribution >= 0.6 is 0 Å². The zero-order chi connectivity index (χ0) is 13.1. The number of anilines is 2. The van der Waals surface area contributed by atoms with E-state index in [2.05, 4.69) is 0 Å². The van der Waals surface area contributed by atoms with Crippen molar-refractivity contribution >= 4 is 23.5 Å². The molecule has 2 aromatic carbocycles. The molecule has 0 aliphatic carbocycles. The van der Waals surface area contributed by atoms with E-state index in [4.69, 9.17) is 14.2 Å². The first-order valence-corrected chi connectivity index (χ1v) is 4.96. The molecule has 0 unspecified atom stereocenters. The lowest BCUT2D eigenvalue weighted by atomic mass is 10.1. The second-order valence-electron chi connectivity index (χ2n) is 3.49. The largest absolute Gasteiger partial charge is 0.399 e. The third-order valence-corrected chi connectivity index (χ3v) is 2.16. The van der Waals surface area contributed by atoms with E-state index in [9.17, 15) is 0 Å². The predicted molar refractivity (Wildman–Crippen MR) is 70.6 cm³/mol. The fourth-order valence-corrected chi connectivity index (χ4v) is 1.28. The van der Waals surface area contributed by atoms with Crippen molar-refractivity contribution in [3.8, 4) is 0 Å². The molecule has 2 nitrogen and oxygen atoms in total. The Kier molecular flexibility index (Phi) is 2.26. The van der Waals surface area contributed by atoms with Gasteiger partial charge in [0.05, 0.1) is 2.74 Å². The van der Waals surface area contributed by atoms with E-state index in [1.165, 1.54) is 0 Å². The summed E-state index contributed by atoms with van der Waals surface area (Å²) >= 11 is 0. The minimum atomic E-state index is 0.369. The molecule has 0 aromatic heterocycles. The molecule has 0 aliphatic rings. The van der Waals surface area contributed by atoms with Crippen molar-refractivity contribution in [3.05, 3.63) is 59.6 Å². The van der Waals surface area contributed by atoms with E-state index >= 15 is 0 Å². The van der Waals surface area contributed by atoms with Crippen LogP contribution in [0.1, 0.15) is 13.9 Å². The standard InChI is InChI=1S/C14H14N2/c15-13-7-3-11(4-8-13)1-2-12-5-9-14(16)10-6-12/h1-10H,15-16H2/i3D,5D. The van der Waals surface area contributed by atoms with Crippen LogP contribution in [-0.2, 0) is 0 Å². The van der Waals surface area contributed by atoms with Crippen LogP contribution in [0.25, 0.3) is 12.2 Å². The summed E-state index contributed by atoms with van der Waals surface area (Å²) in [5.41, 5.74) is 13.9. The molecule has 0 amide bonds. The molecule has 0 radical (unpaired) electrons. The highest BCUT2D eigenvalue weighted by molar-refractivity contribution is 5.70. The third kappa shape index (κ3) is 2.64. The number of hydrogen-bond acceptors (Lipinski definition) is 2. The number of benzene rings is 2. The summed E-state index contributed by atoms with van der Waals surface area (Å²) in [6, 6.07) is 11.0. The average molecular weight is 212 g/mol. The van der Waals surface area contributed by atoms with Gasteiger partial charge in [0, 0.05) is 11.4 Å². The van der Waals surface area contributed by atoms with E-state index in [-0.39, 0.29) is 0 Å². The third-order valence-electron chi connectivity index (χ3n) is 2.16. The van der Waals surface area contributed by atoms with Crippen molar-refractivity contribution in [2.75, 3.05) is 11.5 Å². The molecular formula is C14H14N2. The van der Waals surface area contributed by atoms with E-state index in [1.807, 2.05) is 0 Å². The Morgan fingerprint density at radius 1 is 0.750 bits per heavy atom. The Hall–Kier alpha value is -2.22. The maximum absolute atomic E-state index is 7.77. The van der Waals surface area contributed by atoms with Gasteiger partial charge in [0.15, 0.2) is 0 Å². The molecule has 0 atom stereocenters. The summed E-state index contributed by atoms with van der Waals surface area (Å²) < 4.78 is 15.5. The van der Waals surface area contributed by atoms with Crippen LogP contribution in [0.2, 0.25) is 0 Å². The Morgan fingerprint density at radius 3 is 1.56 bits per heavy atom.